The number of amides is 4. The molecule has 1 saturated carbocycles. The minimum Gasteiger partial charge on any atom is -0.488 e. The number of hydrogen-bond donors (Lipinski definition) is 5. The molecule has 4 amide bonds. The maximum atomic E-state index is 13.2. The van der Waals surface area contributed by atoms with Crippen LogP contribution in [0.5, 0.6) is 5.75 Å². The Kier molecular flexibility index (Phi) is 12.4. The molecule has 1 atom stereocenters. The number of aliphatic imine (C=N–C) groups is 1. The zero-order valence-corrected chi connectivity index (χ0v) is 31.5. The molecule has 2 aromatic carbocycles. The largest absolute Gasteiger partial charge is 0.488 e. The molecule has 16 heteroatoms. The lowest BCUT2D eigenvalue weighted by Gasteiger charge is -2.36. The third-order valence-corrected chi connectivity index (χ3v) is 10.3. The Bertz CT molecular complexity index is 1870. The van der Waals surface area contributed by atoms with E-state index >= 15 is 0 Å². The predicted molar refractivity (Wildman–Crippen MR) is 207 cm³/mol. The van der Waals surface area contributed by atoms with E-state index in [-0.39, 0.29) is 54.2 Å². The quantitative estimate of drug-likeness (QED) is 0.0548. The normalized spacial score (nSPS) is 19.6. The minimum atomic E-state index is -0.660. The van der Waals surface area contributed by atoms with E-state index in [0.717, 1.165) is 18.4 Å². The van der Waals surface area contributed by atoms with Gasteiger partial charge in [-0.3, -0.25) is 34.9 Å². The van der Waals surface area contributed by atoms with Crippen molar-refractivity contribution in [2.75, 3.05) is 77.2 Å². The average molecular weight is 758 g/mol. The Morgan fingerprint density at radius 2 is 1.78 bits per heavy atom. The van der Waals surface area contributed by atoms with Crippen molar-refractivity contribution < 1.29 is 33.4 Å². The highest BCUT2D eigenvalue weighted by Crippen LogP contribution is 2.40. The number of nitrogen functional groups attached to an aromatic ring is 1. The number of rotatable bonds is 16. The number of nitrogens with zero attached hydrogens (tertiary/aromatic N) is 4. The highest BCUT2D eigenvalue weighted by Gasteiger charge is 2.41. The molecule has 3 aliphatic heterocycles. The van der Waals surface area contributed by atoms with E-state index in [2.05, 4.69) is 22.5 Å². The summed E-state index contributed by atoms with van der Waals surface area (Å²) in [6.07, 6.45) is 4.45. The van der Waals surface area contributed by atoms with Crippen LogP contribution in [0.15, 0.2) is 53.2 Å². The van der Waals surface area contributed by atoms with E-state index in [1.165, 1.54) is 4.90 Å². The van der Waals surface area contributed by atoms with Gasteiger partial charge >= 0.3 is 0 Å². The molecule has 0 spiro atoms. The van der Waals surface area contributed by atoms with Gasteiger partial charge in [0, 0.05) is 75.8 Å². The molecule has 294 valence electrons. The molecule has 1 aliphatic carbocycles. The van der Waals surface area contributed by atoms with E-state index in [9.17, 15) is 19.2 Å². The van der Waals surface area contributed by atoms with Crippen LogP contribution in [0.4, 0.5) is 11.4 Å². The predicted octanol–water partition coefficient (Wildman–Crippen LogP) is 1.88. The number of fused-ring (bicyclic) bond motifs is 1. The van der Waals surface area contributed by atoms with E-state index in [1.54, 1.807) is 25.3 Å². The maximum Gasteiger partial charge on any atom is 0.257 e. The van der Waals surface area contributed by atoms with Crippen molar-refractivity contribution in [3.63, 3.8) is 0 Å². The van der Waals surface area contributed by atoms with Crippen LogP contribution in [0.3, 0.4) is 0 Å². The molecule has 0 radical (unpaired) electrons. The third kappa shape index (κ3) is 9.61. The molecule has 3 heterocycles. The summed E-state index contributed by atoms with van der Waals surface area (Å²) >= 11 is 0. The lowest BCUT2D eigenvalue weighted by molar-refractivity contribution is -0.137. The van der Waals surface area contributed by atoms with Crippen molar-refractivity contribution in [1.29, 1.82) is 5.41 Å². The standard InChI is InChI=1S/C39H51N9O7/c1-39(11-12-39)55-26-6-7-28(40)27(22-26)36(42)29(41)23-32(43-2)46-14-16-47(17-15-46)34(50)10-18-53-20-21-54-19-13-44-30-5-3-4-25-24-48(38(52)35(25)30)31-8-9-33(49)45-37(31)51/h3-7,22-23,31,42,44H,8-21,24,40-41H2,1-2H3,(H,45,49,51). The van der Waals surface area contributed by atoms with Gasteiger partial charge in [0.15, 0.2) is 0 Å². The number of piperidine rings is 1. The number of carbonyl (C=O) groups is 4. The van der Waals surface area contributed by atoms with Crippen molar-refractivity contribution in [2.45, 2.75) is 57.2 Å². The zero-order chi connectivity index (χ0) is 39.1. The topological polar surface area (TPSA) is 218 Å². The fourth-order valence-electron chi connectivity index (χ4n) is 6.89. The van der Waals surface area contributed by atoms with Crippen LogP contribution in [0.2, 0.25) is 0 Å². The van der Waals surface area contributed by atoms with Gasteiger partial charge < -0.3 is 45.7 Å². The molecule has 0 bridgehead atoms. The zero-order valence-electron chi connectivity index (χ0n) is 31.5. The molecule has 7 N–H and O–H groups in total. The fourth-order valence-corrected chi connectivity index (χ4v) is 6.89. The van der Waals surface area contributed by atoms with Crippen molar-refractivity contribution in [1.82, 2.24) is 20.0 Å². The first kappa shape index (κ1) is 39.2. The average Bonchev–Trinajstić information content (AvgIpc) is 3.81. The third-order valence-electron chi connectivity index (χ3n) is 10.3. The van der Waals surface area contributed by atoms with Gasteiger partial charge in [-0.1, -0.05) is 12.1 Å². The van der Waals surface area contributed by atoms with Gasteiger partial charge in [-0.05, 0) is 56.0 Å². The monoisotopic (exact) mass is 757 g/mol. The number of imide groups is 1. The number of piperazine rings is 1. The Balaban J connectivity index is 0.854. The van der Waals surface area contributed by atoms with Crippen LogP contribution in [0, 0.1) is 5.41 Å². The number of nitrogens with two attached hydrogens (primary N) is 2. The van der Waals surface area contributed by atoms with E-state index in [4.69, 9.17) is 31.1 Å². The molecule has 3 fully saturated rings. The van der Waals surface area contributed by atoms with E-state index in [0.29, 0.717) is 99.6 Å². The summed E-state index contributed by atoms with van der Waals surface area (Å²) in [6, 6.07) is 10.2. The summed E-state index contributed by atoms with van der Waals surface area (Å²) in [5, 5.41) is 14.3. The molecule has 2 aromatic rings. The summed E-state index contributed by atoms with van der Waals surface area (Å²) in [4.78, 5) is 59.8. The van der Waals surface area contributed by atoms with Crippen molar-refractivity contribution in [3.05, 3.63) is 64.9 Å². The van der Waals surface area contributed by atoms with E-state index in [1.807, 2.05) is 34.1 Å². The van der Waals surface area contributed by atoms with Gasteiger partial charge in [-0.15, -0.1) is 0 Å². The second-order valence-electron chi connectivity index (χ2n) is 14.4. The molecule has 55 heavy (non-hydrogen) atoms. The van der Waals surface area contributed by atoms with Gasteiger partial charge in [0.2, 0.25) is 17.7 Å². The van der Waals surface area contributed by atoms with Gasteiger partial charge in [-0.25, -0.2) is 0 Å². The van der Waals surface area contributed by atoms with Crippen LogP contribution < -0.4 is 26.8 Å². The van der Waals surface area contributed by atoms with Crippen LogP contribution in [-0.4, -0.2) is 128 Å². The number of carbonyl (C=O) groups excluding carboxylic acids is 4. The first-order valence-electron chi connectivity index (χ1n) is 18.8. The van der Waals surface area contributed by atoms with Gasteiger partial charge in [0.25, 0.3) is 5.91 Å². The summed E-state index contributed by atoms with van der Waals surface area (Å²) < 4.78 is 17.4. The van der Waals surface area contributed by atoms with Gasteiger partial charge in [0.05, 0.1) is 49.8 Å². The second kappa shape index (κ2) is 17.3. The lowest BCUT2D eigenvalue weighted by atomic mass is 10.0. The molecule has 6 rings (SSSR count). The second-order valence-corrected chi connectivity index (χ2v) is 14.4. The Morgan fingerprint density at radius 3 is 2.49 bits per heavy atom. The summed E-state index contributed by atoms with van der Waals surface area (Å²) in [5.74, 6) is 0.314. The summed E-state index contributed by atoms with van der Waals surface area (Å²) in [5.41, 5.74) is 15.7. The minimum absolute atomic E-state index is 0.00957. The van der Waals surface area contributed by atoms with Gasteiger partial charge in [0.1, 0.15) is 23.2 Å². The Morgan fingerprint density at radius 1 is 1.05 bits per heavy atom. The molecule has 0 aromatic heterocycles. The van der Waals surface area contributed by atoms with E-state index < -0.39 is 11.9 Å². The SMILES string of the molecule is CN=C(C=C(N)C(=N)c1cc(OC2(C)CC2)ccc1N)N1CCN(C(=O)CCOCCOCCNc2cccc3c2C(=O)N(C2CCC(=O)NC2=O)C3)CC1. The Hall–Kier alpha value is -5.48. The first-order valence-corrected chi connectivity index (χ1v) is 18.8. The van der Waals surface area contributed by atoms with Crippen LogP contribution in [-0.2, 0) is 30.4 Å². The number of benzene rings is 2. The van der Waals surface area contributed by atoms with Crippen LogP contribution >= 0.6 is 0 Å². The first-order chi connectivity index (χ1) is 26.5. The molecule has 4 aliphatic rings. The molecule has 2 saturated heterocycles. The maximum absolute atomic E-state index is 13.2. The van der Waals surface area contributed by atoms with Crippen LogP contribution in [0.1, 0.15) is 60.5 Å². The van der Waals surface area contributed by atoms with Crippen molar-refractivity contribution >= 4 is 46.6 Å². The van der Waals surface area contributed by atoms with Crippen molar-refractivity contribution in [2.24, 2.45) is 10.7 Å². The number of allylic oxidation sites excluding steroid dienone is 1. The Labute approximate surface area is 320 Å². The number of ether oxygens (including phenoxy) is 3. The number of hydrogen-bond acceptors (Lipinski definition) is 12. The molecule has 1 unspecified atom stereocenters. The number of nitrogens with one attached hydrogen (secondary N) is 3. The molecular formula is C39H51N9O7. The highest BCUT2D eigenvalue weighted by atomic mass is 16.5. The highest BCUT2D eigenvalue weighted by molar-refractivity contribution is 6.16. The van der Waals surface area contributed by atoms with Crippen molar-refractivity contribution in [3.8, 4) is 5.75 Å². The molecular weight excluding hydrogens is 706 g/mol. The van der Waals surface area contributed by atoms with Gasteiger partial charge in [-0.2, -0.15) is 0 Å². The van der Waals surface area contributed by atoms with Crippen LogP contribution in [0.25, 0.3) is 0 Å². The lowest BCUT2D eigenvalue weighted by Crippen LogP contribution is -2.52. The summed E-state index contributed by atoms with van der Waals surface area (Å²) in [7, 11) is 1.67. The fraction of sp³-hybridized carbons (Fsp3) is 0.487. The smallest absolute Gasteiger partial charge is 0.257 e. The summed E-state index contributed by atoms with van der Waals surface area (Å²) in [6.45, 7) is 6.36. The molecule has 16 nitrogen and oxygen atoms in total. The number of amidine groups is 1. The number of anilines is 2.